The number of benzene rings is 3. The van der Waals surface area contributed by atoms with Crippen LogP contribution in [0.4, 0.5) is 0 Å². The van der Waals surface area contributed by atoms with Crippen molar-refractivity contribution in [2.24, 2.45) is 0 Å². The summed E-state index contributed by atoms with van der Waals surface area (Å²) in [4.78, 5) is 12.5. The molecule has 0 fully saturated rings. The molecule has 32 heavy (non-hydrogen) atoms. The molecule has 3 aromatic rings. The molecule has 0 N–H and O–H groups in total. The first-order chi connectivity index (χ1) is 15.7. The number of hydrogen-bond acceptors (Lipinski definition) is 2. The molecular formula is C30H36O2. The molecule has 0 unspecified atom stereocenters. The lowest BCUT2D eigenvalue weighted by atomic mass is 10.0. The summed E-state index contributed by atoms with van der Waals surface area (Å²) in [6.07, 6.45) is 11.0. The lowest BCUT2D eigenvalue weighted by Gasteiger charge is -2.08. The van der Waals surface area contributed by atoms with Gasteiger partial charge in [0.05, 0.1) is 5.56 Å². The van der Waals surface area contributed by atoms with Crippen molar-refractivity contribution < 1.29 is 9.53 Å². The van der Waals surface area contributed by atoms with Crippen LogP contribution in [0.15, 0.2) is 72.8 Å². The Morgan fingerprint density at radius 3 is 1.62 bits per heavy atom. The third kappa shape index (κ3) is 7.37. The molecular weight excluding hydrogens is 392 g/mol. The van der Waals surface area contributed by atoms with Crippen LogP contribution < -0.4 is 4.74 Å². The Morgan fingerprint density at radius 1 is 0.594 bits per heavy atom. The van der Waals surface area contributed by atoms with E-state index in [9.17, 15) is 4.79 Å². The lowest BCUT2D eigenvalue weighted by Crippen LogP contribution is -2.08. The summed E-state index contributed by atoms with van der Waals surface area (Å²) in [6, 6.07) is 24.3. The lowest BCUT2D eigenvalue weighted by molar-refractivity contribution is 0.0734. The number of unbranched alkanes of at least 4 members (excludes halogenated alkanes) is 5. The molecule has 0 spiro atoms. The minimum absolute atomic E-state index is 0.321. The summed E-state index contributed by atoms with van der Waals surface area (Å²) in [5.74, 6) is 0.272. The van der Waals surface area contributed by atoms with Gasteiger partial charge in [-0.1, -0.05) is 94.5 Å². The number of rotatable bonds is 12. The molecule has 0 saturated heterocycles. The molecule has 2 heteroatoms. The van der Waals surface area contributed by atoms with E-state index in [1.807, 2.05) is 36.4 Å². The van der Waals surface area contributed by atoms with E-state index < -0.39 is 0 Å². The second kappa shape index (κ2) is 12.9. The first kappa shape index (κ1) is 23.8. The number of hydrogen-bond donors (Lipinski definition) is 0. The summed E-state index contributed by atoms with van der Waals surface area (Å²) in [5.41, 5.74) is 5.51. The van der Waals surface area contributed by atoms with Gasteiger partial charge in [0.1, 0.15) is 5.75 Å². The van der Waals surface area contributed by atoms with Gasteiger partial charge < -0.3 is 4.74 Å². The molecule has 0 aliphatic carbocycles. The molecule has 0 heterocycles. The van der Waals surface area contributed by atoms with Gasteiger partial charge in [0.2, 0.25) is 0 Å². The molecule has 0 atom stereocenters. The van der Waals surface area contributed by atoms with Crippen LogP contribution in [-0.4, -0.2) is 5.97 Å². The maximum absolute atomic E-state index is 12.5. The van der Waals surface area contributed by atoms with Crippen molar-refractivity contribution in [2.75, 3.05) is 0 Å². The van der Waals surface area contributed by atoms with Gasteiger partial charge in [-0.25, -0.2) is 4.79 Å². The Hall–Kier alpha value is -2.87. The Kier molecular flexibility index (Phi) is 9.56. The van der Waals surface area contributed by atoms with E-state index in [0.717, 1.165) is 18.4 Å². The van der Waals surface area contributed by atoms with E-state index >= 15 is 0 Å². The smallest absolute Gasteiger partial charge is 0.343 e. The predicted octanol–water partition coefficient (Wildman–Crippen LogP) is 8.43. The van der Waals surface area contributed by atoms with Crippen molar-refractivity contribution >= 4 is 5.97 Å². The van der Waals surface area contributed by atoms with Crippen LogP contribution in [0.3, 0.4) is 0 Å². The Labute approximate surface area is 193 Å². The van der Waals surface area contributed by atoms with E-state index in [1.54, 1.807) is 0 Å². The van der Waals surface area contributed by atoms with Gasteiger partial charge in [-0.05, 0) is 72.2 Å². The summed E-state index contributed by atoms with van der Waals surface area (Å²) >= 11 is 0. The average Bonchev–Trinajstić information content (AvgIpc) is 2.83. The molecule has 0 amide bonds. The second-order valence-corrected chi connectivity index (χ2v) is 8.58. The second-order valence-electron chi connectivity index (χ2n) is 8.58. The van der Waals surface area contributed by atoms with Crippen molar-refractivity contribution in [3.05, 3.63) is 89.5 Å². The number of aryl methyl sites for hydroxylation is 2. The van der Waals surface area contributed by atoms with Gasteiger partial charge >= 0.3 is 5.97 Å². The van der Waals surface area contributed by atoms with Crippen molar-refractivity contribution in [3.8, 4) is 16.9 Å². The standard InChI is InChI=1S/C30H36O2/c1-3-5-7-9-11-25-14-22-29(23-15-25)32-30(31)28-20-18-27(19-21-28)26-16-12-24(13-17-26)10-8-6-4-2/h12-23H,3-11H2,1-2H3. The zero-order valence-electron chi connectivity index (χ0n) is 19.6. The molecule has 0 aromatic heterocycles. The van der Waals surface area contributed by atoms with Crippen LogP contribution in [0.2, 0.25) is 0 Å². The molecule has 0 saturated carbocycles. The quantitative estimate of drug-likeness (QED) is 0.164. The predicted molar refractivity (Wildman–Crippen MR) is 134 cm³/mol. The molecule has 0 radical (unpaired) electrons. The third-order valence-corrected chi connectivity index (χ3v) is 5.93. The number of carbonyl (C=O) groups is 1. The monoisotopic (exact) mass is 428 g/mol. The van der Waals surface area contributed by atoms with Crippen molar-refractivity contribution in [2.45, 2.75) is 71.6 Å². The molecule has 0 aliphatic heterocycles. The highest BCUT2D eigenvalue weighted by atomic mass is 16.5. The Bertz CT molecular complexity index is 938. The Balaban J connectivity index is 1.53. The van der Waals surface area contributed by atoms with Gasteiger partial charge in [0.15, 0.2) is 0 Å². The maximum atomic E-state index is 12.5. The zero-order chi connectivity index (χ0) is 22.6. The summed E-state index contributed by atoms with van der Waals surface area (Å²) in [5, 5.41) is 0. The van der Waals surface area contributed by atoms with Crippen LogP contribution in [0, 0.1) is 0 Å². The van der Waals surface area contributed by atoms with Crippen molar-refractivity contribution in [1.82, 2.24) is 0 Å². The van der Waals surface area contributed by atoms with Gasteiger partial charge in [-0.2, -0.15) is 0 Å². The fourth-order valence-corrected chi connectivity index (χ4v) is 3.89. The molecule has 3 aromatic carbocycles. The van der Waals surface area contributed by atoms with E-state index in [4.69, 9.17) is 4.74 Å². The number of esters is 1. The number of carbonyl (C=O) groups excluding carboxylic acids is 1. The van der Waals surface area contributed by atoms with Crippen molar-refractivity contribution in [1.29, 1.82) is 0 Å². The topological polar surface area (TPSA) is 26.3 Å². The van der Waals surface area contributed by atoms with Gasteiger partial charge in [0.25, 0.3) is 0 Å². The van der Waals surface area contributed by atoms with E-state index in [1.165, 1.54) is 61.6 Å². The van der Waals surface area contributed by atoms with E-state index in [2.05, 4.69) is 50.2 Å². The molecule has 0 bridgehead atoms. The molecule has 0 aliphatic rings. The fourth-order valence-electron chi connectivity index (χ4n) is 3.89. The van der Waals surface area contributed by atoms with E-state index in [0.29, 0.717) is 11.3 Å². The van der Waals surface area contributed by atoms with Gasteiger partial charge in [-0.15, -0.1) is 0 Å². The SMILES string of the molecule is CCCCCCc1ccc(OC(=O)c2ccc(-c3ccc(CCCCC)cc3)cc2)cc1. The molecule has 168 valence electrons. The van der Waals surface area contributed by atoms with E-state index in [-0.39, 0.29) is 5.97 Å². The first-order valence-electron chi connectivity index (χ1n) is 12.2. The number of ether oxygens (including phenoxy) is 1. The summed E-state index contributed by atoms with van der Waals surface area (Å²) in [7, 11) is 0. The van der Waals surface area contributed by atoms with Crippen LogP contribution in [0.1, 0.15) is 80.3 Å². The molecule has 2 nitrogen and oxygen atoms in total. The van der Waals surface area contributed by atoms with Crippen LogP contribution in [0.25, 0.3) is 11.1 Å². The summed E-state index contributed by atoms with van der Waals surface area (Å²) < 4.78 is 5.57. The highest BCUT2D eigenvalue weighted by Crippen LogP contribution is 2.22. The fraction of sp³-hybridized carbons (Fsp3) is 0.367. The highest BCUT2D eigenvalue weighted by Gasteiger charge is 2.09. The Morgan fingerprint density at radius 2 is 1.06 bits per heavy atom. The van der Waals surface area contributed by atoms with Gasteiger partial charge in [0, 0.05) is 0 Å². The normalized spacial score (nSPS) is 10.8. The van der Waals surface area contributed by atoms with Crippen LogP contribution in [-0.2, 0) is 12.8 Å². The minimum atomic E-state index is -0.321. The maximum Gasteiger partial charge on any atom is 0.343 e. The van der Waals surface area contributed by atoms with Crippen LogP contribution in [0.5, 0.6) is 5.75 Å². The first-order valence-corrected chi connectivity index (χ1v) is 12.2. The summed E-state index contributed by atoms with van der Waals surface area (Å²) in [6.45, 7) is 4.46. The van der Waals surface area contributed by atoms with Crippen molar-refractivity contribution in [3.63, 3.8) is 0 Å². The largest absolute Gasteiger partial charge is 0.423 e. The minimum Gasteiger partial charge on any atom is -0.423 e. The zero-order valence-corrected chi connectivity index (χ0v) is 19.6. The third-order valence-electron chi connectivity index (χ3n) is 5.93. The highest BCUT2D eigenvalue weighted by molar-refractivity contribution is 5.91. The van der Waals surface area contributed by atoms with Crippen LogP contribution >= 0.6 is 0 Å². The molecule has 3 rings (SSSR count). The van der Waals surface area contributed by atoms with Gasteiger partial charge in [-0.3, -0.25) is 0 Å². The average molecular weight is 429 g/mol.